The third-order valence-corrected chi connectivity index (χ3v) is 5.20. The molecule has 0 saturated heterocycles. The zero-order chi connectivity index (χ0) is 23.7. The van der Waals surface area contributed by atoms with Gasteiger partial charge in [-0.1, -0.05) is 57.5 Å². The predicted molar refractivity (Wildman–Crippen MR) is 127 cm³/mol. The molecule has 0 aromatic heterocycles. The van der Waals surface area contributed by atoms with Gasteiger partial charge in [0.05, 0.1) is 0 Å². The monoisotopic (exact) mass is 458 g/mol. The third kappa shape index (κ3) is 7.68. The van der Waals surface area contributed by atoms with Crippen LogP contribution in [0.3, 0.4) is 0 Å². The lowest BCUT2D eigenvalue weighted by atomic mass is 9.92. The maximum Gasteiger partial charge on any atom is 0.306 e. The highest BCUT2D eigenvalue weighted by atomic mass is 35.5. The second-order valence-corrected chi connectivity index (χ2v) is 8.63. The third-order valence-electron chi connectivity index (χ3n) is 4.95. The molecular formula is C25H31ClN2O4. The number of carbonyl (C=O) groups is 3. The molecule has 0 heterocycles. The van der Waals surface area contributed by atoms with Crippen LogP contribution in [-0.4, -0.2) is 30.9 Å². The quantitative estimate of drug-likeness (QED) is 0.374. The molecular weight excluding hydrogens is 428 g/mol. The minimum atomic E-state index is -0.484. The van der Waals surface area contributed by atoms with Crippen LogP contribution in [0.4, 0.5) is 5.69 Å². The summed E-state index contributed by atoms with van der Waals surface area (Å²) in [5.41, 5.74) is 3.39. The first-order valence-corrected chi connectivity index (χ1v) is 11.2. The van der Waals surface area contributed by atoms with Gasteiger partial charge in [-0.2, -0.15) is 0 Å². The summed E-state index contributed by atoms with van der Waals surface area (Å²) in [6.45, 7) is 8.26. The molecule has 0 aliphatic rings. The Bertz CT molecular complexity index is 913. The zero-order valence-corrected chi connectivity index (χ0v) is 19.8. The van der Waals surface area contributed by atoms with E-state index in [0.717, 1.165) is 16.8 Å². The molecule has 0 aliphatic heterocycles. The molecule has 0 aliphatic carbocycles. The Morgan fingerprint density at radius 2 is 1.53 bits per heavy atom. The number of anilines is 1. The van der Waals surface area contributed by atoms with Gasteiger partial charge in [-0.25, -0.2) is 0 Å². The van der Waals surface area contributed by atoms with E-state index in [9.17, 15) is 14.4 Å². The molecule has 0 fully saturated rings. The molecule has 0 spiro atoms. The van der Waals surface area contributed by atoms with Crippen molar-refractivity contribution in [2.75, 3.05) is 18.5 Å². The summed E-state index contributed by atoms with van der Waals surface area (Å²) < 4.78 is 5.10. The van der Waals surface area contributed by atoms with Crippen LogP contribution in [-0.2, 0) is 14.3 Å². The SMILES string of the molecule is CC(C)c1cccc(C(C)C)c1NC(=O)COC(=O)CCCNC(=O)c1ccc(Cl)cc1. The van der Waals surface area contributed by atoms with Gasteiger partial charge in [0.2, 0.25) is 0 Å². The molecule has 2 amide bonds. The Kier molecular flexibility index (Phi) is 9.72. The largest absolute Gasteiger partial charge is 0.456 e. The summed E-state index contributed by atoms with van der Waals surface area (Å²) in [6, 6.07) is 12.5. The number of hydrogen-bond acceptors (Lipinski definition) is 4. The number of amides is 2. The number of halogens is 1. The van der Waals surface area contributed by atoms with Gasteiger partial charge in [0.1, 0.15) is 0 Å². The molecule has 0 unspecified atom stereocenters. The van der Waals surface area contributed by atoms with Crippen molar-refractivity contribution < 1.29 is 19.1 Å². The second-order valence-electron chi connectivity index (χ2n) is 8.20. The van der Waals surface area contributed by atoms with Crippen molar-refractivity contribution in [2.24, 2.45) is 0 Å². The summed E-state index contributed by atoms with van der Waals surface area (Å²) in [6.07, 6.45) is 0.515. The van der Waals surface area contributed by atoms with Crippen LogP contribution in [0.15, 0.2) is 42.5 Å². The smallest absolute Gasteiger partial charge is 0.306 e. The first-order chi connectivity index (χ1) is 15.2. The Labute approximate surface area is 194 Å². The number of hydrogen-bond donors (Lipinski definition) is 2. The number of esters is 1. The van der Waals surface area contributed by atoms with Crippen LogP contribution in [0.2, 0.25) is 5.02 Å². The maximum atomic E-state index is 12.4. The minimum Gasteiger partial charge on any atom is -0.456 e. The van der Waals surface area contributed by atoms with Gasteiger partial charge in [-0.3, -0.25) is 14.4 Å². The molecule has 7 heteroatoms. The van der Waals surface area contributed by atoms with Gasteiger partial charge in [0, 0.05) is 29.2 Å². The van der Waals surface area contributed by atoms with Crippen LogP contribution in [0.5, 0.6) is 0 Å². The lowest BCUT2D eigenvalue weighted by Gasteiger charge is -2.20. The van der Waals surface area contributed by atoms with E-state index in [1.165, 1.54) is 0 Å². The highest BCUT2D eigenvalue weighted by molar-refractivity contribution is 6.30. The molecule has 0 radical (unpaired) electrons. The van der Waals surface area contributed by atoms with E-state index in [0.29, 0.717) is 23.6 Å². The van der Waals surface area contributed by atoms with Crippen molar-refractivity contribution in [3.63, 3.8) is 0 Å². The molecule has 2 aromatic carbocycles. The standard InChI is InChI=1S/C25H31ClN2O4/c1-16(2)20-7-5-8-21(17(3)4)24(20)28-22(29)15-32-23(30)9-6-14-27-25(31)18-10-12-19(26)13-11-18/h5,7-8,10-13,16-17H,6,9,14-15H2,1-4H3,(H,27,31)(H,28,29). The van der Waals surface area contributed by atoms with Gasteiger partial charge < -0.3 is 15.4 Å². The van der Waals surface area contributed by atoms with Crippen molar-refractivity contribution in [3.8, 4) is 0 Å². The number of benzene rings is 2. The minimum absolute atomic E-state index is 0.105. The van der Waals surface area contributed by atoms with Gasteiger partial charge in [0.25, 0.3) is 11.8 Å². The Hall–Kier alpha value is -2.86. The average Bonchev–Trinajstić information content (AvgIpc) is 2.75. The lowest BCUT2D eigenvalue weighted by molar-refractivity contribution is -0.147. The highest BCUT2D eigenvalue weighted by Crippen LogP contribution is 2.32. The number of ether oxygens (including phenoxy) is 1. The van der Waals surface area contributed by atoms with E-state index in [1.54, 1.807) is 24.3 Å². The first kappa shape index (κ1) is 25.4. The zero-order valence-electron chi connectivity index (χ0n) is 19.0. The van der Waals surface area contributed by atoms with Crippen LogP contribution in [0.25, 0.3) is 0 Å². The average molecular weight is 459 g/mol. The normalized spacial score (nSPS) is 10.8. The Balaban J connectivity index is 1.77. The molecule has 6 nitrogen and oxygen atoms in total. The van der Waals surface area contributed by atoms with Crippen molar-refractivity contribution in [3.05, 3.63) is 64.2 Å². The van der Waals surface area contributed by atoms with Gasteiger partial charge in [-0.15, -0.1) is 0 Å². The highest BCUT2D eigenvalue weighted by Gasteiger charge is 2.17. The molecule has 0 saturated carbocycles. The van der Waals surface area contributed by atoms with Gasteiger partial charge in [-0.05, 0) is 53.6 Å². The summed E-state index contributed by atoms with van der Waals surface area (Å²) in [7, 11) is 0. The second kappa shape index (κ2) is 12.2. The fourth-order valence-electron chi connectivity index (χ4n) is 3.23. The first-order valence-electron chi connectivity index (χ1n) is 10.8. The molecule has 2 rings (SSSR count). The summed E-state index contributed by atoms with van der Waals surface area (Å²) in [5, 5.41) is 6.21. The van der Waals surface area contributed by atoms with E-state index in [4.69, 9.17) is 16.3 Å². The van der Waals surface area contributed by atoms with Crippen molar-refractivity contribution in [1.82, 2.24) is 5.32 Å². The van der Waals surface area contributed by atoms with E-state index in [2.05, 4.69) is 38.3 Å². The Morgan fingerprint density at radius 1 is 0.938 bits per heavy atom. The van der Waals surface area contributed by atoms with Crippen LogP contribution in [0.1, 0.15) is 73.9 Å². The summed E-state index contributed by atoms with van der Waals surface area (Å²) in [4.78, 5) is 36.4. The van der Waals surface area contributed by atoms with E-state index >= 15 is 0 Å². The topological polar surface area (TPSA) is 84.5 Å². The van der Waals surface area contributed by atoms with Crippen LogP contribution in [0, 0.1) is 0 Å². The van der Waals surface area contributed by atoms with Crippen molar-refractivity contribution >= 4 is 35.1 Å². The van der Waals surface area contributed by atoms with E-state index in [1.807, 2.05) is 18.2 Å². The fourth-order valence-corrected chi connectivity index (χ4v) is 3.35. The number of rotatable bonds is 10. The van der Waals surface area contributed by atoms with Gasteiger partial charge >= 0.3 is 5.97 Å². The predicted octanol–water partition coefficient (Wildman–Crippen LogP) is 5.28. The van der Waals surface area contributed by atoms with E-state index < -0.39 is 5.97 Å². The molecule has 2 aromatic rings. The molecule has 172 valence electrons. The molecule has 0 atom stereocenters. The molecule has 32 heavy (non-hydrogen) atoms. The molecule has 2 N–H and O–H groups in total. The number of carbonyl (C=O) groups excluding carboxylic acids is 3. The van der Waals surface area contributed by atoms with Gasteiger partial charge in [0.15, 0.2) is 6.61 Å². The van der Waals surface area contributed by atoms with E-state index in [-0.39, 0.29) is 36.7 Å². The molecule has 0 bridgehead atoms. The van der Waals surface area contributed by atoms with Crippen LogP contribution < -0.4 is 10.6 Å². The fraction of sp³-hybridized carbons (Fsp3) is 0.400. The van der Waals surface area contributed by atoms with Crippen LogP contribution >= 0.6 is 11.6 Å². The summed E-state index contributed by atoms with van der Waals surface area (Å²) in [5.74, 6) is -0.602. The van der Waals surface area contributed by atoms with Crippen molar-refractivity contribution in [2.45, 2.75) is 52.4 Å². The number of nitrogens with one attached hydrogen (secondary N) is 2. The lowest BCUT2D eigenvalue weighted by Crippen LogP contribution is -2.25. The summed E-state index contributed by atoms with van der Waals surface area (Å²) >= 11 is 5.81. The van der Waals surface area contributed by atoms with Crippen molar-refractivity contribution in [1.29, 1.82) is 0 Å². The number of para-hydroxylation sites is 1. The Morgan fingerprint density at radius 3 is 2.09 bits per heavy atom. The maximum absolute atomic E-state index is 12.4.